The van der Waals surface area contributed by atoms with Crippen LogP contribution in [-0.4, -0.2) is 34.6 Å². The number of methoxy groups -OCH3 is 1. The number of carboxylic acids is 1. The Labute approximate surface area is 174 Å². The van der Waals surface area contributed by atoms with Gasteiger partial charge in [-0.25, -0.2) is 0 Å². The molecule has 2 heterocycles. The lowest BCUT2D eigenvalue weighted by Gasteiger charge is -2.31. The number of H-pyrrole nitrogens is 1. The summed E-state index contributed by atoms with van der Waals surface area (Å²) in [5.74, 6) is 0.0229. The summed E-state index contributed by atoms with van der Waals surface area (Å²) in [6, 6.07) is 19.5. The average Bonchev–Trinajstić information content (AvgIpc) is 3.41. The molecule has 1 aliphatic rings. The minimum Gasteiger partial charge on any atom is -0.496 e. The lowest BCUT2D eigenvalue weighted by atomic mass is 9.95. The van der Waals surface area contributed by atoms with Crippen molar-refractivity contribution in [3.63, 3.8) is 0 Å². The van der Waals surface area contributed by atoms with Gasteiger partial charge in [0.2, 0.25) is 0 Å². The minimum atomic E-state index is -0.815. The van der Waals surface area contributed by atoms with Crippen LogP contribution in [0.1, 0.15) is 36.1 Å². The number of likely N-dealkylation sites (tertiary alicyclic amines) is 1. The van der Waals surface area contributed by atoms with E-state index in [2.05, 4.69) is 28.1 Å². The number of ether oxygens (including phenoxy) is 1. The molecule has 152 valence electrons. The van der Waals surface area contributed by atoms with Crippen molar-refractivity contribution in [2.75, 3.05) is 13.7 Å². The van der Waals surface area contributed by atoms with Crippen molar-refractivity contribution in [3.8, 4) is 5.75 Å². The number of hydrogen-bond acceptors (Lipinski definition) is 3. The van der Waals surface area contributed by atoms with Crippen LogP contribution in [0.3, 0.4) is 0 Å². The van der Waals surface area contributed by atoms with E-state index in [4.69, 9.17) is 4.74 Å². The van der Waals surface area contributed by atoms with Crippen molar-refractivity contribution in [3.05, 3.63) is 78.0 Å². The zero-order valence-electron chi connectivity index (χ0n) is 16.8. The van der Waals surface area contributed by atoms with Crippen molar-refractivity contribution in [2.24, 2.45) is 0 Å². The van der Waals surface area contributed by atoms with Gasteiger partial charge in [0.15, 0.2) is 0 Å². The van der Waals surface area contributed by atoms with Gasteiger partial charge in [-0.2, -0.15) is 0 Å². The molecule has 5 heteroatoms. The first-order valence-electron chi connectivity index (χ1n) is 10.3. The van der Waals surface area contributed by atoms with Crippen LogP contribution >= 0.6 is 0 Å². The quantitative estimate of drug-likeness (QED) is 0.478. The molecule has 2 N–H and O–H groups in total. The third kappa shape index (κ3) is 2.94. The monoisotopic (exact) mass is 400 g/mol. The summed E-state index contributed by atoms with van der Waals surface area (Å²) in [7, 11) is 1.68. The lowest BCUT2D eigenvalue weighted by molar-refractivity contribution is -0.144. The summed E-state index contributed by atoms with van der Waals surface area (Å²) in [4.78, 5) is 17.9. The largest absolute Gasteiger partial charge is 0.496 e. The molecule has 4 aromatic rings. The van der Waals surface area contributed by atoms with Crippen LogP contribution in [0.5, 0.6) is 5.75 Å². The van der Waals surface area contributed by atoms with Crippen molar-refractivity contribution in [1.29, 1.82) is 0 Å². The highest BCUT2D eigenvalue weighted by molar-refractivity contribution is 5.92. The molecule has 1 fully saturated rings. The first-order chi connectivity index (χ1) is 14.7. The van der Waals surface area contributed by atoms with Gasteiger partial charge in [0, 0.05) is 34.1 Å². The predicted molar refractivity (Wildman–Crippen MR) is 118 cm³/mol. The third-order valence-electron chi connectivity index (χ3n) is 6.27. The number of carboxylic acid groups (broad SMARTS) is 1. The Kier molecular flexibility index (Phi) is 4.68. The Morgan fingerprint density at radius 3 is 2.57 bits per heavy atom. The maximum Gasteiger partial charge on any atom is 0.325 e. The highest BCUT2D eigenvalue weighted by atomic mass is 16.5. The Morgan fingerprint density at radius 2 is 1.80 bits per heavy atom. The number of fused-ring (bicyclic) bond motifs is 2. The summed E-state index contributed by atoms with van der Waals surface area (Å²) >= 11 is 0. The number of benzene rings is 3. The van der Waals surface area contributed by atoms with E-state index < -0.39 is 12.0 Å². The smallest absolute Gasteiger partial charge is 0.325 e. The normalized spacial score (nSPS) is 18.1. The fourth-order valence-electron chi connectivity index (χ4n) is 4.97. The van der Waals surface area contributed by atoms with E-state index in [9.17, 15) is 9.90 Å². The lowest BCUT2D eigenvalue weighted by Crippen LogP contribution is -2.33. The van der Waals surface area contributed by atoms with Crippen LogP contribution in [0.4, 0.5) is 0 Å². The number of nitrogens with one attached hydrogen (secondary N) is 1. The zero-order valence-corrected chi connectivity index (χ0v) is 16.8. The Balaban J connectivity index is 1.62. The van der Waals surface area contributed by atoms with E-state index in [-0.39, 0.29) is 6.04 Å². The molecule has 0 unspecified atom stereocenters. The van der Waals surface area contributed by atoms with Crippen LogP contribution in [-0.2, 0) is 4.79 Å². The molecule has 30 heavy (non-hydrogen) atoms. The minimum absolute atomic E-state index is 0.0376. The Bertz CT molecular complexity index is 1230. The van der Waals surface area contributed by atoms with E-state index in [0.717, 1.165) is 57.9 Å². The fraction of sp³-hybridized carbons (Fsp3) is 0.240. The molecule has 0 spiro atoms. The first kappa shape index (κ1) is 18.7. The maximum absolute atomic E-state index is 12.5. The Hall–Kier alpha value is -3.31. The SMILES string of the molecule is COc1ccc([C@H]2CCCN2[C@@H](C(=O)O)c2c[nH]c3ccccc23)c2ccccc12. The van der Waals surface area contributed by atoms with Crippen LogP contribution in [0.15, 0.2) is 66.9 Å². The van der Waals surface area contributed by atoms with Crippen LogP contribution in [0, 0.1) is 0 Å². The summed E-state index contributed by atoms with van der Waals surface area (Å²) in [5, 5.41) is 13.4. The van der Waals surface area contributed by atoms with Crippen LogP contribution < -0.4 is 4.74 Å². The van der Waals surface area contributed by atoms with Crippen molar-refractivity contribution < 1.29 is 14.6 Å². The van der Waals surface area contributed by atoms with Gasteiger partial charge in [0.1, 0.15) is 11.8 Å². The number of aromatic nitrogens is 1. The average molecular weight is 400 g/mol. The molecular formula is C25H24N2O3. The molecular weight excluding hydrogens is 376 g/mol. The second-order valence-corrected chi connectivity index (χ2v) is 7.83. The first-order valence-corrected chi connectivity index (χ1v) is 10.3. The molecule has 5 nitrogen and oxygen atoms in total. The van der Waals surface area contributed by atoms with Crippen molar-refractivity contribution in [2.45, 2.75) is 24.9 Å². The molecule has 0 aliphatic carbocycles. The summed E-state index contributed by atoms with van der Waals surface area (Å²) in [6.07, 6.45) is 3.75. The molecule has 3 aromatic carbocycles. The summed E-state index contributed by atoms with van der Waals surface area (Å²) < 4.78 is 5.55. The van der Waals surface area contributed by atoms with Gasteiger partial charge >= 0.3 is 5.97 Å². The number of aromatic amines is 1. The van der Waals surface area contributed by atoms with E-state index in [1.54, 1.807) is 7.11 Å². The fourth-order valence-corrected chi connectivity index (χ4v) is 4.97. The molecule has 1 aromatic heterocycles. The van der Waals surface area contributed by atoms with Gasteiger partial charge in [-0.3, -0.25) is 9.69 Å². The second-order valence-electron chi connectivity index (χ2n) is 7.83. The van der Waals surface area contributed by atoms with E-state index >= 15 is 0 Å². The maximum atomic E-state index is 12.5. The van der Waals surface area contributed by atoms with Gasteiger partial charge in [0.05, 0.1) is 7.11 Å². The predicted octanol–water partition coefficient (Wildman–Crippen LogP) is 5.29. The number of aliphatic carboxylic acids is 1. The standard InChI is InChI=1S/C25H24N2O3/c1-30-23-13-12-18(16-7-2-3-9-19(16)23)22-11-6-14-27(22)24(25(28)29)20-15-26-21-10-5-4-8-17(20)21/h2-5,7-10,12-13,15,22,24,26H,6,11,14H2,1H3,(H,28,29)/t22-,24-/m1/s1. The third-order valence-corrected chi connectivity index (χ3v) is 6.27. The van der Waals surface area contributed by atoms with Gasteiger partial charge in [0.25, 0.3) is 0 Å². The second kappa shape index (κ2) is 7.50. The molecule has 0 saturated carbocycles. The van der Waals surface area contributed by atoms with E-state index in [1.165, 1.54) is 0 Å². The van der Waals surface area contributed by atoms with Gasteiger partial charge in [-0.15, -0.1) is 0 Å². The number of hydrogen-bond donors (Lipinski definition) is 2. The summed E-state index contributed by atoms with van der Waals surface area (Å²) in [5.41, 5.74) is 2.95. The van der Waals surface area contributed by atoms with Gasteiger partial charge in [-0.05, 0) is 42.5 Å². The summed E-state index contributed by atoms with van der Waals surface area (Å²) in [6.45, 7) is 0.751. The van der Waals surface area contributed by atoms with E-state index in [0.29, 0.717) is 0 Å². The zero-order chi connectivity index (χ0) is 20.7. The Morgan fingerprint density at radius 1 is 1.07 bits per heavy atom. The number of carbonyl (C=O) groups is 1. The number of rotatable bonds is 5. The van der Waals surface area contributed by atoms with Crippen molar-refractivity contribution in [1.82, 2.24) is 9.88 Å². The highest BCUT2D eigenvalue weighted by Crippen LogP contribution is 2.43. The van der Waals surface area contributed by atoms with Crippen molar-refractivity contribution >= 4 is 27.6 Å². The molecule has 2 atom stereocenters. The molecule has 1 saturated heterocycles. The number of nitrogens with zero attached hydrogens (tertiary/aromatic N) is 1. The highest BCUT2D eigenvalue weighted by Gasteiger charge is 2.38. The molecule has 0 bridgehead atoms. The van der Waals surface area contributed by atoms with Gasteiger partial charge < -0.3 is 14.8 Å². The molecule has 5 rings (SSSR count). The van der Waals surface area contributed by atoms with E-state index in [1.807, 2.05) is 48.7 Å². The van der Waals surface area contributed by atoms with Gasteiger partial charge in [-0.1, -0.05) is 48.5 Å². The molecule has 0 amide bonds. The van der Waals surface area contributed by atoms with Crippen LogP contribution in [0.2, 0.25) is 0 Å². The number of para-hydroxylation sites is 1. The molecule has 1 aliphatic heterocycles. The molecule has 0 radical (unpaired) electrons. The topological polar surface area (TPSA) is 65.6 Å². The van der Waals surface area contributed by atoms with Crippen LogP contribution in [0.25, 0.3) is 21.7 Å².